The maximum atomic E-state index is 12.2. The van der Waals surface area contributed by atoms with Gasteiger partial charge in [0, 0.05) is 5.92 Å². The highest BCUT2D eigenvalue weighted by atomic mass is 19.4. The number of hydrogen-bond acceptors (Lipinski definition) is 0. The quantitative estimate of drug-likeness (QED) is 0.566. The van der Waals surface area contributed by atoms with Gasteiger partial charge in [0.1, 0.15) is 0 Å². The molecule has 0 N–H and O–H groups in total. The molecule has 68 valence electrons. The minimum atomic E-state index is -5.41. The van der Waals surface area contributed by atoms with E-state index in [1.165, 1.54) is 6.92 Å². The van der Waals surface area contributed by atoms with Gasteiger partial charge in [-0.25, -0.2) is 0 Å². The van der Waals surface area contributed by atoms with Crippen molar-refractivity contribution in [2.75, 3.05) is 0 Å². The van der Waals surface area contributed by atoms with Crippen molar-refractivity contribution in [3.63, 3.8) is 0 Å². The lowest BCUT2D eigenvalue weighted by Gasteiger charge is -2.24. The van der Waals surface area contributed by atoms with Gasteiger partial charge in [0.05, 0.1) is 0 Å². The molecule has 0 aromatic rings. The third-order valence-corrected chi connectivity index (χ3v) is 1.61. The first-order valence-electron chi connectivity index (χ1n) is 3.18. The van der Waals surface area contributed by atoms with Crippen LogP contribution in [-0.4, -0.2) is 12.1 Å². The Balaban J connectivity index is 4.45. The van der Waals surface area contributed by atoms with Gasteiger partial charge in [-0.05, 0) is 6.42 Å². The maximum absolute atomic E-state index is 12.2. The Bertz CT molecular complexity index is 125. The normalized spacial score (nSPS) is 16.6. The molecule has 0 fully saturated rings. The van der Waals surface area contributed by atoms with E-state index in [4.69, 9.17) is 0 Å². The number of halogens is 5. The highest BCUT2D eigenvalue weighted by molar-refractivity contribution is 4.80. The molecule has 0 aliphatic rings. The van der Waals surface area contributed by atoms with Crippen LogP contribution >= 0.6 is 0 Å². The Morgan fingerprint density at radius 1 is 1.09 bits per heavy atom. The van der Waals surface area contributed by atoms with Gasteiger partial charge < -0.3 is 0 Å². The Morgan fingerprint density at radius 2 is 1.45 bits per heavy atom. The van der Waals surface area contributed by atoms with Crippen LogP contribution in [0.5, 0.6) is 0 Å². The molecule has 0 aliphatic heterocycles. The molecule has 1 atom stereocenters. The Kier molecular flexibility index (Phi) is 2.85. The molecule has 0 bridgehead atoms. The lowest BCUT2D eigenvalue weighted by Crippen LogP contribution is -2.41. The van der Waals surface area contributed by atoms with E-state index < -0.39 is 18.0 Å². The van der Waals surface area contributed by atoms with Gasteiger partial charge in [-0.1, -0.05) is 13.8 Å². The lowest BCUT2D eigenvalue weighted by molar-refractivity contribution is -0.300. The maximum Gasteiger partial charge on any atom is 0.453 e. The van der Waals surface area contributed by atoms with Gasteiger partial charge in [-0.3, -0.25) is 0 Å². The lowest BCUT2D eigenvalue weighted by atomic mass is 10.0. The number of rotatable bonds is 2. The summed E-state index contributed by atoms with van der Waals surface area (Å²) in [6.07, 6.45) is -5.60. The van der Waals surface area contributed by atoms with Gasteiger partial charge in [-0.2, -0.15) is 22.0 Å². The molecule has 11 heavy (non-hydrogen) atoms. The van der Waals surface area contributed by atoms with Crippen LogP contribution in [0.2, 0.25) is 0 Å². The van der Waals surface area contributed by atoms with Crippen LogP contribution < -0.4 is 0 Å². The van der Waals surface area contributed by atoms with Crippen LogP contribution in [0.3, 0.4) is 0 Å². The van der Waals surface area contributed by atoms with E-state index in [1.807, 2.05) is 0 Å². The van der Waals surface area contributed by atoms with Crippen molar-refractivity contribution in [1.82, 2.24) is 0 Å². The summed E-state index contributed by atoms with van der Waals surface area (Å²) >= 11 is 0. The molecule has 0 saturated heterocycles. The second kappa shape index (κ2) is 2.95. The first-order chi connectivity index (χ1) is 4.73. The Morgan fingerprint density at radius 3 is 1.55 bits per heavy atom. The minimum absolute atomic E-state index is 0.188. The number of alkyl halides is 5. The highest BCUT2D eigenvalue weighted by Crippen LogP contribution is 2.42. The summed E-state index contributed by atoms with van der Waals surface area (Å²) in [5.74, 6) is -6.20. The van der Waals surface area contributed by atoms with Gasteiger partial charge in [0.15, 0.2) is 0 Å². The molecule has 0 unspecified atom stereocenters. The van der Waals surface area contributed by atoms with Crippen LogP contribution in [0.15, 0.2) is 0 Å². The molecule has 0 rings (SSSR count). The van der Waals surface area contributed by atoms with Gasteiger partial charge in [0.2, 0.25) is 0 Å². The molecular weight excluding hydrogens is 167 g/mol. The fraction of sp³-hybridized carbons (Fsp3) is 1.00. The zero-order chi connectivity index (χ0) is 9.28. The van der Waals surface area contributed by atoms with E-state index in [-0.39, 0.29) is 6.42 Å². The van der Waals surface area contributed by atoms with Crippen LogP contribution in [-0.2, 0) is 0 Å². The molecule has 0 aromatic carbocycles. The zero-order valence-electron chi connectivity index (χ0n) is 6.17. The molecule has 0 spiro atoms. The van der Waals surface area contributed by atoms with Crippen LogP contribution in [0, 0.1) is 5.92 Å². The predicted molar refractivity (Wildman–Crippen MR) is 30.5 cm³/mol. The van der Waals surface area contributed by atoms with Crippen LogP contribution in [0.4, 0.5) is 22.0 Å². The van der Waals surface area contributed by atoms with Crippen molar-refractivity contribution in [2.45, 2.75) is 32.4 Å². The van der Waals surface area contributed by atoms with E-state index in [9.17, 15) is 22.0 Å². The first-order valence-corrected chi connectivity index (χ1v) is 3.18. The van der Waals surface area contributed by atoms with E-state index in [0.717, 1.165) is 6.92 Å². The fourth-order valence-electron chi connectivity index (χ4n) is 0.536. The topological polar surface area (TPSA) is 0 Å². The molecule has 0 nitrogen and oxygen atoms in total. The Hall–Kier alpha value is -0.350. The zero-order valence-corrected chi connectivity index (χ0v) is 6.17. The summed E-state index contributed by atoms with van der Waals surface area (Å²) in [5, 5.41) is 0. The Labute approximate surface area is 61.4 Å². The summed E-state index contributed by atoms with van der Waals surface area (Å²) in [4.78, 5) is 0. The van der Waals surface area contributed by atoms with E-state index in [1.54, 1.807) is 0 Å². The summed E-state index contributed by atoms with van der Waals surface area (Å²) in [6.45, 7) is 2.18. The fourth-order valence-corrected chi connectivity index (χ4v) is 0.536. The SMILES string of the molecule is CC[C@H](C)C(F)(F)C(F)(F)F. The van der Waals surface area contributed by atoms with Crippen molar-refractivity contribution >= 4 is 0 Å². The highest BCUT2D eigenvalue weighted by Gasteiger charge is 2.59. The van der Waals surface area contributed by atoms with Gasteiger partial charge >= 0.3 is 12.1 Å². The smallest absolute Gasteiger partial charge is 0.196 e. The summed E-state index contributed by atoms with van der Waals surface area (Å²) in [5.41, 5.74) is 0. The summed E-state index contributed by atoms with van der Waals surface area (Å²) < 4.78 is 59.0. The first kappa shape index (κ1) is 10.7. The van der Waals surface area contributed by atoms with Crippen molar-refractivity contribution in [1.29, 1.82) is 0 Å². The third-order valence-electron chi connectivity index (χ3n) is 1.61. The number of hydrogen-bond donors (Lipinski definition) is 0. The second-order valence-electron chi connectivity index (χ2n) is 2.43. The van der Waals surface area contributed by atoms with Crippen LogP contribution in [0.1, 0.15) is 20.3 Å². The standard InChI is InChI=1S/C6H9F5/c1-3-4(2)5(7,8)6(9,10)11/h4H,3H2,1-2H3/t4-/m0/s1. The van der Waals surface area contributed by atoms with Gasteiger partial charge in [-0.15, -0.1) is 0 Å². The minimum Gasteiger partial charge on any atom is -0.196 e. The largest absolute Gasteiger partial charge is 0.453 e. The van der Waals surface area contributed by atoms with Crippen LogP contribution in [0.25, 0.3) is 0 Å². The van der Waals surface area contributed by atoms with Crippen molar-refractivity contribution in [3.8, 4) is 0 Å². The van der Waals surface area contributed by atoms with Crippen molar-refractivity contribution in [2.24, 2.45) is 5.92 Å². The van der Waals surface area contributed by atoms with Crippen molar-refractivity contribution in [3.05, 3.63) is 0 Å². The van der Waals surface area contributed by atoms with Crippen molar-refractivity contribution < 1.29 is 22.0 Å². The van der Waals surface area contributed by atoms with E-state index >= 15 is 0 Å². The molecule has 0 aliphatic carbocycles. The monoisotopic (exact) mass is 176 g/mol. The molecule has 0 radical (unpaired) electrons. The summed E-state index contributed by atoms with van der Waals surface area (Å²) in [7, 11) is 0. The van der Waals surface area contributed by atoms with Gasteiger partial charge in [0.25, 0.3) is 0 Å². The molecule has 0 heterocycles. The van der Waals surface area contributed by atoms with E-state index in [0.29, 0.717) is 0 Å². The average molecular weight is 176 g/mol. The second-order valence-corrected chi connectivity index (χ2v) is 2.43. The molecular formula is C6H9F5. The summed E-state index contributed by atoms with van der Waals surface area (Å²) in [6, 6.07) is 0. The third kappa shape index (κ3) is 2.04. The molecule has 0 amide bonds. The molecule has 0 aromatic heterocycles. The molecule has 5 heteroatoms. The predicted octanol–water partition coefficient (Wildman–Crippen LogP) is 3.23. The molecule has 0 saturated carbocycles. The van der Waals surface area contributed by atoms with E-state index in [2.05, 4.69) is 0 Å². The average Bonchev–Trinajstić information content (AvgIpc) is 1.83.